The summed E-state index contributed by atoms with van der Waals surface area (Å²) in [6.07, 6.45) is -3.86. The number of alkyl halides is 3. The van der Waals surface area contributed by atoms with Gasteiger partial charge in [-0.25, -0.2) is 9.48 Å². The number of hydrogen-bond acceptors (Lipinski definition) is 3. The number of esters is 1. The van der Waals surface area contributed by atoms with Gasteiger partial charge < -0.3 is 4.74 Å². The highest BCUT2D eigenvalue weighted by Gasteiger charge is 2.30. The Balaban J connectivity index is 2.52. The van der Waals surface area contributed by atoms with E-state index in [2.05, 4.69) is 21.0 Å². The van der Waals surface area contributed by atoms with Gasteiger partial charge in [0.1, 0.15) is 0 Å². The monoisotopic (exact) mass is 390 g/mol. The van der Waals surface area contributed by atoms with Crippen molar-refractivity contribution in [3.05, 3.63) is 45.7 Å². The second kappa shape index (κ2) is 6.74. The van der Waals surface area contributed by atoms with Gasteiger partial charge in [0.15, 0.2) is 5.69 Å². The fourth-order valence-electron chi connectivity index (χ4n) is 2.02. The molecule has 1 heterocycles. The average Bonchev–Trinajstić information content (AvgIpc) is 2.83. The van der Waals surface area contributed by atoms with Crippen molar-refractivity contribution in [2.45, 2.75) is 26.4 Å². The molecule has 0 spiro atoms. The Kier molecular flexibility index (Phi) is 5.13. The summed E-state index contributed by atoms with van der Waals surface area (Å²) in [4.78, 5) is 12.1. The predicted molar refractivity (Wildman–Crippen MR) is 81.6 cm³/mol. The molecule has 124 valence electrons. The van der Waals surface area contributed by atoms with Crippen molar-refractivity contribution in [2.75, 3.05) is 6.61 Å². The molecular formula is C15H14BrF3N2O2. The van der Waals surface area contributed by atoms with E-state index in [1.165, 1.54) is 16.8 Å². The maximum atomic E-state index is 12.6. The summed E-state index contributed by atoms with van der Waals surface area (Å²) in [7, 11) is 0. The van der Waals surface area contributed by atoms with E-state index in [0.717, 1.165) is 12.1 Å². The smallest absolute Gasteiger partial charge is 0.416 e. The van der Waals surface area contributed by atoms with Crippen molar-refractivity contribution in [1.82, 2.24) is 9.78 Å². The molecule has 0 saturated heterocycles. The highest BCUT2D eigenvalue weighted by molar-refractivity contribution is 9.10. The molecule has 1 aromatic carbocycles. The van der Waals surface area contributed by atoms with Gasteiger partial charge in [-0.15, -0.1) is 0 Å². The van der Waals surface area contributed by atoms with Crippen molar-refractivity contribution >= 4 is 21.9 Å². The number of nitrogens with zero attached hydrogens (tertiary/aromatic N) is 2. The van der Waals surface area contributed by atoms with Gasteiger partial charge in [0.2, 0.25) is 0 Å². The molecular weight excluding hydrogens is 377 g/mol. The summed E-state index contributed by atoms with van der Waals surface area (Å²) >= 11 is 3.31. The van der Waals surface area contributed by atoms with Gasteiger partial charge in [0, 0.05) is 0 Å². The number of hydrogen-bond donors (Lipinski definition) is 0. The maximum absolute atomic E-state index is 12.6. The van der Waals surface area contributed by atoms with Crippen LogP contribution in [-0.2, 0) is 17.3 Å². The van der Waals surface area contributed by atoms with E-state index < -0.39 is 17.7 Å². The molecule has 0 radical (unpaired) electrons. The van der Waals surface area contributed by atoms with Crippen LogP contribution in [0.25, 0.3) is 5.69 Å². The summed E-state index contributed by atoms with van der Waals surface area (Å²) in [5.74, 6) is -0.591. The maximum Gasteiger partial charge on any atom is 0.416 e. The van der Waals surface area contributed by atoms with Crippen LogP contribution in [0.15, 0.2) is 28.7 Å². The number of carbonyl (C=O) groups excluding carboxylic acids is 1. The fraction of sp³-hybridized carbons (Fsp3) is 0.333. The van der Waals surface area contributed by atoms with Crippen molar-refractivity contribution < 1.29 is 22.7 Å². The zero-order valence-electron chi connectivity index (χ0n) is 12.4. The Labute approximate surface area is 139 Å². The van der Waals surface area contributed by atoms with Gasteiger partial charge in [-0.2, -0.15) is 18.3 Å². The van der Waals surface area contributed by atoms with E-state index in [0.29, 0.717) is 22.3 Å². The molecule has 0 saturated carbocycles. The first-order valence-corrected chi connectivity index (χ1v) is 7.71. The van der Waals surface area contributed by atoms with E-state index in [4.69, 9.17) is 4.74 Å². The number of aryl methyl sites for hydroxylation is 1. The number of aromatic nitrogens is 2. The lowest BCUT2D eigenvalue weighted by Crippen LogP contribution is -2.13. The molecule has 0 atom stereocenters. The number of rotatable bonds is 4. The Morgan fingerprint density at radius 3 is 2.35 bits per heavy atom. The first-order chi connectivity index (χ1) is 10.8. The lowest BCUT2D eigenvalue weighted by Gasteiger charge is -2.10. The number of halogens is 4. The van der Waals surface area contributed by atoms with Gasteiger partial charge >= 0.3 is 12.1 Å². The lowest BCUT2D eigenvalue weighted by molar-refractivity contribution is -0.137. The summed E-state index contributed by atoms with van der Waals surface area (Å²) in [5, 5.41) is 4.28. The van der Waals surface area contributed by atoms with Gasteiger partial charge in [-0.1, -0.05) is 6.92 Å². The van der Waals surface area contributed by atoms with Crippen LogP contribution in [0.2, 0.25) is 0 Å². The first kappa shape index (κ1) is 17.5. The molecule has 23 heavy (non-hydrogen) atoms. The fourth-order valence-corrected chi connectivity index (χ4v) is 2.71. The largest absolute Gasteiger partial charge is 0.461 e. The summed E-state index contributed by atoms with van der Waals surface area (Å²) in [6, 6.07) is 4.44. The van der Waals surface area contributed by atoms with Crippen molar-refractivity contribution in [2.24, 2.45) is 0 Å². The van der Waals surface area contributed by atoms with Crippen LogP contribution in [0.5, 0.6) is 0 Å². The molecule has 2 rings (SSSR count). The molecule has 0 unspecified atom stereocenters. The molecule has 8 heteroatoms. The number of benzene rings is 1. The standard InChI is InChI=1S/C15H14BrF3N2O2/c1-3-11-12(16)13(14(22)23-4-2)21(20-11)10-7-5-9(6-8-10)15(17,18)19/h5-8H,3-4H2,1-2H3. The summed E-state index contributed by atoms with van der Waals surface area (Å²) < 4.78 is 44.7. The highest BCUT2D eigenvalue weighted by atomic mass is 79.9. The zero-order chi connectivity index (χ0) is 17.2. The van der Waals surface area contributed by atoms with E-state index >= 15 is 0 Å². The van der Waals surface area contributed by atoms with Crippen LogP contribution in [0.3, 0.4) is 0 Å². The number of carbonyl (C=O) groups is 1. The Morgan fingerprint density at radius 1 is 1.26 bits per heavy atom. The third kappa shape index (κ3) is 3.57. The highest BCUT2D eigenvalue weighted by Crippen LogP contribution is 2.31. The average molecular weight is 391 g/mol. The Morgan fingerprint density at radius 2 is 1.87 bits per heavy atom. The zero-order valence-corrected chi connectivity index (χ0v) is 14.0. The van der Waals surface area contributed by atoms with E-state index in [1.807, 2.05) is 6.92 Å². The SMILES string of the molecule is CCOC(=O)c1c(Br)c(CC)nn1-c1ccc(C(F)(F)F)cc1. The second-order valence-electron chi connectivity index (χ2n) is 4.64. The molecule has 1 aromatic heterocycles. The van der Waals surface area contributed by atoms with Crippen molar-refractivity contribution in [1.29, 1.82) is 0 Å². The molecule has 0 fully saturated rings. The molecule has 0 aliphatic carbocycles. The van der Waals surface area contributed by atoms with Gasteiger partial charge in [-0.3, -0.25) is 0 Å². The molecule has 0 bridgehead atoms. The van der Waals surface area contributed by atoms with Crippen molar-refractivity contribution in [3.63, 3.8) is 0 Å². The normalized spacial score (nSPS) is 11.6. The van der Waals surface area contributed by atoms with E-state index in [9.17, 15) is 18.0 Å². The molecule has 4 nitrogen and oxygen atoms in total. The second-order valence-corrected chi connectivity index (χ2v) is 5.43. The molecule has 2 aromatic rings. The van der Waals surface area contributed by atoms with Crippen LogP contribution in [0.4, 0.5) is 13.2 Å². The Hall–Kier alpha value is -1.83. The molecule has 0 N–H and O–H groups in total. The first-order valence-electron chi connectivity index (χ1n) is 6.91. The van der Waals surface area contributed by atoms with Crippen LogP contribution in [0, 0.1) is 0 Å². The van der Waals surface area contributed by atoms with Crippen LogP contribution >= 0.6 is 15.9 Å². The van der Waals surface area contributed by atoms with E-state index in [1.54, 1.807) is 6.92 Å². The molecule has 0 amide bonds. The molecule has 0 aliphatic rings. The quantitative estimate of drug-likeness (QED) is 0.727. The minimum absolute atomic E-state index is 0.156. The summed E-state index contributed by atoms with van der Waals surface area (Å²) in [6.45, 7) is 3.72. The third-order valence-corrected chi connectivity index (χ3v) is 3.97. The minimum Gasteiger partial charge on any atom is -0.461 e. The molecule has 0 aliphatic heterocycles. The van der Waals surface area contributed by atoms with Gasteiger partial charge in [0.25, 0.3) is 0 Å². The van der Waals surface area contributed by atoms with Gasteiger partial charge in [0.05, 0.1) is 28.0 Å². The Bertz CT molecular complexity index is 709. The number of ether oxygens (including phenoxy) is 1. The van der Waals surface area contributed by atoms with Crippen LogP contribution < -0.4 is 0 Å². The van der Waals surface area contributed by atoms with Crippen LogP contribution in [0.1, 0.15) is 35.6 Å². The predicted octanol–water partition coefficient (Wildman–Crippen LogP) is 4.39. The lowest BCUT2D eigenvalue weighted by atomic mass is 10.2. The van der Waals surface area contributed by atoms with Gasteiger partial charge in [-0.05, 0) is 53.5 Å². The minimum atomic E-state index is -4.41. The van der Waals surface area contributed by atoms with E-state index in [-0.39, 0.29) is 12.3 Å². The topological polar surface area (TPSA) is 44.1 Å². The van der Waals surface area contributed by atoms with Crippen molar-refractivity contribution in [3.8, 4) is 5.69 Å². The summed E-state index contributed by atoms with van der Waals surface area (Å²) in [5.41, 5.74) is 0.360. The third-order valence-electron chi connectivity index (χ3n) is 3.14. The van der Waals surface area contributed by atoms with Crippen LogP contribution in [-0.4, -0.2) is 22.4 Å².